The molecule has 1 heterocycles. The maximum atomic E-state index is 12.6. The number of amides is 1. The van der Waals surface area contributed by atoms with E-state index in [1.54, 1.807) is 31.4 Å². The second-order valence-corrected chi connectivity index (χ2v) is 9.43. The van der Waals surface area contributed by atoms with Crippen LogP contribution in [0.2, 0.25) is 0 Å². The maximum absolute atomic E-state index is 12.6. The molecule has 1 aliphatic heterocycles. The van der Waals surface area contributed by atoms with Crippen molar-refractivity contribution in [1.82, 2.24) is 0 Å². The first-order chi connectivity index (χ1) is 14.3. The van der Waals surface area contributed by atoms with Crippen LogP contribution in [0.25, 0.3) is 0 Å². The van der Waals surface area contributed by atoms with Gasteiger partial charge in [0, 0.05) is 23.1 Å². The van der Waals surface area contributed by atoms with Gasteiger partial charge in [0.1, 0.15) is 18.0 Å². The molecule has 2 N–H and O–H groups in total. The van der Waals surface area contributed by atoms with E-state index < -0.39 is 17.6 Å². The second-order valence-electron chi connectivity index (χ2n) is 9.43. The van der Waals surface area contributed by atoms with Crippen molar-refractivity contribution in [3.63, 3.8) is 0 Å². The molecular weight excluding hydrogens is 386 g/mol. The minimum absolute atomic E-state index is 0.0180. The Labute approximate surface area is 177 Å². The number of esters is 1. The van der Waals surface area contributed by atoms with Gasteiger partial charge in [-0.25, -0.2) is 4.79 Å². The summed E-state index contributed by atoms with van der Waals surface area (Å²) in [6.45, 7) is 4.16. The van der Waals surface area contributed by atoms with Crippen molar-refractivity contribution in [1.29, 1.82) is 0 Å². The smallest absolute Gasteiger partial charge is 0.411 e. The average molecular weight is 418 g/mol. The molecule has 0 unspecified atom stereocenters. The summed E-state index contributed by atoms with van der Waals surface area (Å²) >= 11 is 0. The Kier molecular flexibility index (Phi) is 5.43. The first-order valence-corrected chi connectivity index (χ1v) is 10.7. The fourth-order valence-electron chi connectivity index (χ4n) is 6.27. The van der Waals surface area contributed by atoms with Crippen LogP contribution in [0, 0.1) is 22.7 Å². The lowest BCUT2D eigenvalue weighted by atomic mass is 9.46. The Morgan fingerprint density at radius 2 is 2.10 bits per heavy atom. The highest BCUT2D eigenvalue weighted by Crippen LogP contribution is 2.62. The van der Waals surface area contributed by atoms with Gasteiger partial charge in [-0.3, -0.25) is 10.1 Å². The molecule has 0 spiro atoms. The third-order valence-corrected chi connectivity index (χ3v) is 7.88. The van der Waals surface area contributed by atoms with Crippen LogP contribution in [0.15, 0.2) is 24.3 Å². The third-order valence-electron chi connectivity index (χ3n) is 7.88. The van der Waals surface area contributed by atoms with Crippen LogP contribution in [0.1, 0.15) is 46.0 Å². The molecule has 7 heteroatoms. The van der Waals surface area contributed by atoms with Gasteiger partial charge in [-0.2, -0.15) is 0 Å². The van der Waals surface area contributed by atoms with Crippen LogP contribution >= 0.6 is 0 Å². The van der Waals surface area contributed by atoms with Crippen molar-refractivity contribution in [3.05, 3.63) is 24.3 Å². The largest absolute Gasteiger partial charge is 0.497 e. The van der Waals surface area contributed by atoms with Crippen molar-refractivity contribution in [2.45, 2.75) is 58.2 Å². The number of aliphatic hydroxyl groups is 1. The van der Waals surface area contributed by atoms with E-state index in [4.69, 9.17) is 14.2 Å². The summed E-state index contributed by atoms with van der Waals surface area (Å²) in [5.41, 5.74) is -0.0989. The first-order valence-electron chi connectivity index (χ1n) is 10.7. The summed E-state index contributed by atoms with van der Waals surface area (Å²) in [5, 5.41) is 13.2. The fourth-order valence-corrected chi connectivity index (χ4v) is 6.27. The molecule has 1 saturated heterocycles. The number of hydrogen-bond donors (Lipinski definition) is 2. The van der Waals surface area contributed by atoms with E-state index in [1.165, 1.54) is 0 Å². The molecule has 0 aromatic heterocycles. The van der Waals surface area contributed by atoms with Gasteiger partial charge in [-0.15, -0.1) is 0 Å². The zero-order valence-corrected chi connectivity index (χ0v) is 17.8. The van der Waals surface area contributed by atoms with Crippen LogP contribution < -0.4 is 10.1 Å². The van der Waals surface area contributed by atoms with Gasteiger partial charge in [0.15, 0.2) is 0 Å². The monoisotopic (exact) mass is 417 g/mol. The van der Waals surface area contributed by atoms with Crippen LogP contribution in [-0.4, -0.2) is 43.1 Å². The molecule has 2 saturated carbocycles. The zero-order valence-electron chi connectivity index (χ0n) is 17.8. The van der Waals surface area contributed by atoms with Gasteiger partial charge in [0.25, 0.3) is 0 Å². The van der Waals surface area contributed by atoms with Gasteiger partial charge < -0.3 is 19.3 Å². The molecule has 1 aromatic carbocycles. The number of ether oxygens (including phenoxy) is 3. The Hall–Kier alpha value is -2.28. The highest BCUT2D eigenvalue weighted by molar-refractivity contribution is 5.85. The van der Waals surface area contributed by atoms with Crippen molar-refractivity contribution in [3.8, 4) is 5.75 Å². The Balaban J connectivity index is 1.50. The molecule has 7 nitrogen and oxygen atoms in total. The topological polar surface area (TPSA) is 94.1 Å². The first kappa shape index (κ1) is 21.0. The lowest BCUT2D eigenvalue weighted by Gasteiger charge is -2.59. The number of carbonyl (C=O) groups is 2. The average Bonchev–Trinajstić information content (AvgIpc) is 3.12. The summed E-state index contributed by atoms with van der Waals surface area (Å²) in [4.78, 5) is 24.6. The number of anilines is 1. The zero-order chi connectivity index (χ0) is 21.5. The van der Waals surface area contributed by atoms with E-state index in [0.29, 0.717) is 24.3 Å². The molecule has 6 atom stereocenters. The molecule has 30 heavy (non-hydrogen) atoms. The van der Waals surface area contributed by atoms with E-state index >= 15 is 0 Å². The Morgan fingerprint density at radius 1 is 1.30 bits per heavy atom. The van der Waals surface area contributed by atoms with Gasteiger partial charge >= 0.3 is 12.1 Å². The fraction of sp³-hybridized carbons (Fsp3) is 0.652. The van der Waals surface area contributed by atoms with Crippen LogP contribution in [0.3, 0.4) is 0 Å². The van der Waals surface area contributed by atoms with Crippen LogP contribution in [0.5, 0.6) is 5.75 Å². The van der Waals surface area contributed by atoms with Gasteiger partial charge in [-0.1, -0.05) is 19.9 Å². The number of rotatable bonds is 4. The number of hydrogen-bond acceptors (Lipinski definition) is 6. The summed E-state index contributed by atoms with van der Waals surface area (Å²) in [6, 6.07) is 7.09. The normalized spacial score (nSPS) is 37.5. The molecule has 0 radical (unpaired) electrons. The van der Waals surface area contributed by atoms with E-state index in [2.05, 4.69) is 12.2 Å². The Morgan fingerprint density at radius 3 is 2.83 bits per heavy atom. The molecule has 2 aliphatic carbocycles. The second kappa shape index (κ2) is 7.76. The van der Waals surface area contributed by atoms with Gasteiger partial charge in [0.05, 0.1) is 20.1 Å². The lowest BCUT2D eigenvalue weighted by molar-refractivity contribution is -0.174. The molecule has 1 aromatic rings. The van der Waals surface area contributed by atoms with Gasteiger partial charge in [0.2, 0.25) is 0 Å². The summed E-state index contributed by atoms with van der Waals surface area (Å²) in [6.07, 6.45) is 2.62. The predicted molar refractivity (Wildman–Crippen MR) is 110 cm³/mol. The van der Waals surface area contributed by atoms with E-state index in [1.807, 2.05) is 6.92 Å². The summed E-state index contributed by atoms with van der Waals surface area (Å²) in [5.74, 6) is 0.843. The number of aliphatic hydroxyl groups excluding tert-OH is 1. The maximum Gasteiger partial charge on any atom is 0.411 e. The number of methoxy groups -OCH3 is 1. The highest BCUT2D eigenvalue weighted by atomic mass is 16.6. The van der Waals surface area contributed by atoms with Crippen LogP contribution in [0.4, 0.5) is 10.5 Å². The van der Waals surface area contributed by atoms with Crippen LogP contribution in [-0.2, 0) is 14.3 Å². The molecule has 3 fully saturated rings. The number of fused-ring (bicyclic) bond motifs is 3. The van der Waals surface area contributed by atoms with E-state index in [9.17, 15) is 14.7 Å². The Bertz CT molecular complexity index is 828. The molecular formula is C23H31NO6. The summed E-state index contributed by atoms with van der Waals surface area (Å²) < 4.78 is 16.6. The summed E-state index contributed by atoms with van der Waals surface area (Å²) in [7, 11) is 1.57. The minimum atomic E-state index is -0.574. The number of carbonyl (C=O) groups excluding carboxylic acids is 2. The SMILES string of the molecule is COc1cccc(NC(=O)O[C@@H]2CC[C@]3(C)[C@@H](CC[C@@H]4OC(=O)C[C@H]43)[C@]2(C)CO)c1. The molecule has 3 aliphatic rings. The van der Waals surface area contributed by atoms with Crippen molar-refractivity contribution < 1.29 is 28.9 Å². The number of nitrogens with one attached hydrogen (secondary N) is 1. The molecule has 4 rings (SSSR count). The molecule has 164 valence electrons. The van der Waals surface area contributed by atoms with E-state index in [-0.39, 0.29) is 35.9 Å². The predicted octanol–water partition coefficient (Wildman–Crippen LogP) is 3.75. The molecule has 1 amide bonds. The molecule has 0 bridgehead atoms. The van der Waals surface area contributed by atoms with E-state index in [0.717, 1.165) is 19.3 Å². The number of benzene rings is 1. The lowest BCUT2D eigenvalue weighted by Crippen LogP contribution is -2.59. The standard InChI is InChI=1S/C23H31NO6/c1-22-10-9-19(30-21(27)24-14-5-4-6-15(11-14)28-3)23(2,13-25)18(22)8-7-17-16(22)12-20(26)29-17/h4-6,11,16-19,25H,7-10,12-13H2,1-3H3,(H,24,27)/t16-,17+,18-,19-,22+,23+/m1/s1. The van der Waals surface area contributed by atoms with Crippen molar-refractivity contribution >= 4 is 17.7 Å². The highest BCUT2D eigenvalue weighted by Gasteiger charge is 2.62. The third kappa shape index (κ3) is 3.43. The minimum Gasteiger partial charge on any atom is -0.497 e. The van der Waals surface area contributed by atoms with Crippen molar-refractivity contribution in [2.24, 2.45) is 22.7 Å². The van der Waals surface area contributed by atoms with Crippen molar-refractivity contribution in [2.75, 3.05) is 19.0 Å². The quantitative estimate of drug-likeness (QED) is 0.725. The van der Waals surface area contributed by atoms with Gasteiger partial charge in [-0.05, 0) is 49.1 Å².